The lowest BCUT2D eigenvalue weighted by atomic mass is 9.91. The standard InChI is InChI=1S/C12H15Br2F/c1-8(2)10(7-13)5-9-3-4-11(14)6-12(9)15/h3-4,6,8,10H,5,7H2,1-2H3. The van der Waals surface area contributed by atoms with Crippen LogP contribution in [-0.4, -0.2) is 5.33 Å². The Balaban J connectivity index is 2.79. The van der Waals surface area contributed by atoms with Crippen LogP contribution in [-0.2, 0) is 6.42 Å². The predicted octanol–water partition coefficient (Wildman–Crippen LogP) is 4.80. The van der Waals surface area contributed by atoms with Gasteiger partial charge in [-0.1, -0.05) is 51.8 Å². The fraction of sp³-hybridized carbons (Fsp3) is 0.500. The van der Waals surface area contributed by atoms with Crippen LogP contribution in [0.15, 0.2) is 22.7 Å². The van der Waals surface area contributed by atoms with Crippen molar-refractivity contribution in [3.8, 4) is 0 Å². The summed E-state index contributed by atoms with van der Waals surface area (Å²) >= 11 is 6.74. The van der Waals surface area contributed by atoms with Crippen LogP contribution in [0.2, 0.25) is 0 Å². The first kappa shape index (κ1) is 13.2. The summed E-state index contributed by atoms with van der Waals surface area (Å²) in [5.41, 5.74) is 0.802. The zero-order chi connectivity index (χ0) is 11.4. The van der Waals surface area contributed by atoms with Gasteiger partial charge in [0.05, 0.1) is 0 Å². The number of rotatable bonds is 4. The quantitative estimate of drug-likeness (QED) is 0.692. The molecule has 0 N–H and O–H groups in total. The van der Waals surface area contributed by atoms with Crippen molar-refractivity contribution in [2.75, 3.05) is 5.33 Å². The highest BCUT2D eigenvalue weighted by Gasteiger charge is 2.14. The van der Waals surface area contributed by atoms with E-state index in [4.69, 9.17) is 0 Å². The summed E-state index contributed by atoms with van der Waals surface area (Å²) < 4.78 is 14.4. The van der Waals surface area contributed by atoms with Crippen LogP contribution in [0.4, 0.5) is 4.39 Å². The molecule has 1 rings (SSSR count). The third kappa shape index (κ3) is 3.87. The van der Waals surface area contributed by atoms with Crippen LogP contribution in [0.3, 0.4) is 0 Å². The Morgan fingerprint density at radius 2 is 2.00 bits per heavy atom. The molecule has 1 unspecified atom stereocenters. The van der Waals surface area contributed by atoms with E-state index in [0.717, 1.165) is 21.8 Å². The first-order valence-corrected chi connectivity index (χ1v) is 6.96. The smallest absolute Gasteiger partial charge is 0.127 e. The van der Waals surface area contributed by atoms with Crippen molar-refractivity contribution in [3.05, 3.63) is 34.1 Å². The number of hydrogen-bond acceptors (Lipinski definition) is 0. The maximum atomic E-state index is 13.6. The molecule has 15 heavy (non-hydrogen) atoms. The number of halogens is 3. The molecule has 1 atom stereocenters. The lowest BCUT2D eigenvalue weighted by Crippen LogP contribution is -2.14. The van der Waals surface area contributed by atoms with E-state index in [9.17, 15) is 4.39 Å². The second kappa shape index (κ2) is 6.00. The SMILES string of the molecule is CC(C)C(CBr)Cc1ccc(Br)cc1F. The van der Waals surface area contributed by atoms with E-state index in [1.807, 2.05) is 12.1 Å². The average molecular weight is 338 g/mol. The average Bonchev–Trinajstić information content (AvgIpc) is 2.16. The number of benzene rings is 1. The van der Waals surface area contributed by atoms with Gasteiger partial charge in [0.15, 0.2) is 0 Å². The third-order valence-corrected chi connectivity index (χ3v) is 3.96. The van der Waals surface area contributed by atoms with E-state index < -0.39 is 0 Å². The van der Waals surface area contributed by atoms with Crippen LogP contribution in [0.5, 0.6) is 0 Å². The summed E-state index contributed by atoms with van der Waals surface area (Å²) in [4.78, 5) is 0. The van der Waals surface area contributed by atoms with Crippen molar-refractivity contribution in [1.29, 1.82) is 0 Å². The Labute approximate surface area is 108 Å². The molecular formula is C12H15Br2F. The minimum absolute atomic E-state index is 0.115. The molecule has 0 saturated carbocycles. The van der Waals surface area contributed by atoms with Crippen molar-refractivity contribution in [3.63, 3.8) is 0 Å². The molecule has 0 fully saturated rings. The van der Waals surface area contributed by atoms with E-state index >= 15 is 0 Å². The summed E-state index contributed by atoms with van der Waals surface area (Å²) in [6.45, 7) is 4.34. The van der Waals surface area contributed by atoms with E-state index in [0.29, 0.717) is 11.8 Å². The van der Waals surface area contributed by atoms with E-state index in [1.165, 1.54) is 6.07 Å². The van der Waals surface area contributed by atoms with Gasteiger partial charge in [0, 0.05) is 9.80 Å². The van der Waals surface area contributed by atoms with E-state index in [1.54, 1.807) is 0 Å². The molecule has 3 heteroatoms. The maximum Gasteiger partial charge on any atom is 0.127 e. The normalized spacial score (nSPS) is 13.2. The summed E-state index contributed by atoms with van der Waals surface area (Å²) in [7, 11) is 0. The second-order valence-corrected chi connectivity index (χ2v) is 5.66. The molecule has 1 aromatic carbocycles. The van der Waals surface area contributed by atoms with Gasteiger partial charge < -0.3 is 0 Å². The zero-order valence-corrected chi connectivity index (χ0v) is 12.1. The zero-order valence-electron chi connectivity index (χ0n) is 8.93. The maximum absolute atomic E-state index is 13.6. The minimum atomic E-state index is -0.115. The van der Waals surface area contributed by atoms with Crippen LogP contribution in [0.25, 0.3) is 0 Å². The Bertz CT molecular complexity index is 323. The van der Waals surface area contributed by atoms with Crippen LogP contribution in [0, 0.1) is 17.7 Å². The Kier molecular flexibility index (Phi) is 5.27. The first-order chi connectivity index (χ1) is 7.04. The van der Waals surface area contributed by atoms with Crippen molar-refractivity contribution in [2.45, 2.75) is 20.3 Å². The van der Waals surface area contributed by atoms with Crippen LogP contribution < -0.4 is 0 Å². The molecule has 0 heterocycles. The molecule has 0 aromatic heterocycles. The molecule has 0 nitrogen and oxygen atoms in total. The number of hydrogen-bond donors (Lipinski definition) is 0. The highest BCUT2D eigenvalue weighted by molar-refractivity contribution is 9.10. The van der Waals surface area contributed by atoms with Gasteiger partial charge in [-0.15, -0.1) is 0 Å². The monoisotopic (exact) mass is 336 g/mol. The molecule has 84 valence electrons. The van der Waals surface area contributed by atoms with Gasteiger partial charge in [-0.25, -0.2) is 4.39 Å². The van der Waals surface area contributed by atoms with Gasteiger partial charge >= 0.3 is 0 Å². The summed E-state index contributed by atoms with van der Waals surface area (Å²) in [6.07, 6.45) is 0.794. The van der Waals surface area contributed by atoms with Crippen molar-refractivity contribution in [2.24, 2.45) is 11.8 Å². The lowest BCUT2D eigenvalue weighted by molar-refractivity contribution is 0.420. The van der Waals surface area contributed by atoms with Gasteiger partial charge in [0.2, 0.25) is 0 Å². The van der Waals surface area contributed by atoms with E-state index in [2.05, 4.69) is 45.7 Å². The molecule has 0 amide bonds. The largest absolute Gasteiger partial charge is 0.207 e. The van der Waals surface area contributed by atoms with E-state index in [-0.39, 0.29) is 5.82 Å². The molecule has 0 radical (unpaired) electrons. The van der Waals surface area contributed by atoms with Crippen molar-refractivity contribution >= 4 is 31.9 Å². The van der Waals surface area contributed by atoms with Crippen molar-refractivity contribution in [1.82, 2.24) is 0 Å². The predicted molar refractivity (Wildman–Crippen MR) is 69.9 cm³/mol. The molecule has 0 aliphatic rings. The molecule has 0 aliphatic heterocycles. The topological polar surface area (TPSA) is 0 Å². The second-order valence-electron chi connectivity index (χ2n) is 4.10. The highest BCUT2D eigenvalue weighted by Crippen LogP contribution is 2.23. The molecule has 0 bridgehead atoms. The highest BCUT2D eigenvalue weighted by atomic mass is 79.9. The van der Waals surface area contributed by atoms with Gasteiger partial charge in [0.25, 0.3) is 0 Å². The molecule has 0 spiro atoms. The molecule has 0 saturated heterocycles. The number of alkyl halides is 1. The molecule has 0 aliphatic carbocycles. The van der Waals surface area contributed by atoms with Gasteiger partial charge in [-0.05, 0) is 36.0 Å². The Morgan fingerprint density at radius 3 is 2.47 bits per heavy atom. The Morgan fingerprint density at radius 1 is 1.33 bits per heavy atom. The fourth-order valence-corrected chi connectivity index (χ4v) is 2.75. The Hall–Kier alpha value is 0.110. The molecular weight excluding hydrogens is 323 g/mol. The first-order valence-electron chi connectivity index (χ1n) is 5.04. The summed E-state index contributed by atoms with van der Waals surface area (Å²) in [5.74, 6) is 0.934. The van der Waals surface area contributed by atoms with Gasteiger partial charge in [-0.3, -0.25) is 0 Å². The van der Waals surface area contributed by atoms with Crippen LogP contribution in [0.1, 0.15) is 19.4 Å². The summed E-state index contributed by atoms with van der Waals surface area (Å²) in [5, 5.41) is 0.917. The van der Waals surface area contributed by atoms with Crippen molar-refractivity contribution < 1.29 is 4.39 Å². The third-order valence-electron chi connectivity index (χ3n) is 2.64. The lowest BCUT2D eigenvalue weighted by Gasteiger charge is -2.18. The van der Waals surface area contributed by atoms with Crippen LogP contribution >= 0.6 is 31.9 Å². The fourth-order valence-electron chi connectivity index (χ4n) is 1.44. The minimum Gasteiger partial charge on any atom is -0.207 e. The van der Waals surface area contributed by atoms with Gasteiger partial charge in [0.1, 0.15) is 5.82 Å². The summed E-state index contributed by atoms with van der Waals surface area (Å²) in [6, 6.07) is 5.28. The molecule has 1 aromatic rings. The van der Waals surface area contributed by atoms with Gasteiger partial charge in [-0.2, -0.15) is 0 Å².